The fraction of sp³-hybridized carbons (Fsp3) is 0.125. The maximum absolute atomic E-state index is 12.8. The molecule has 4 rings (SSSR count). The lowest BCUT2D eigenvalue weighted by Gasteiger charge is -2.06. The average Bonchev–Trinajstić information content (AvgIpc) is 3.19. The first-order valence-corrected chi connectivity index (χ1v) is 9.65. The molecule has 0 unspecified atom stereocenters. The molecular weight excluding hydrogens is 376 g/mol. The third-order valence-corrected chi connectivity index (χ3v) is 4.69. The van der Waals surface area contributed by atoms with E-state index in [1.807, 2.05) is 73.7 Å². The fourth-order valence-electron chi connectivity index (χ4n) is 3.11. The number of aryl methyl sites for hydroxylation is 1. The maximum atomic E-state index is 12.8. The predicted molar refractivity (Wildman–Crippen MR) is 116 cm³/mol. The van der Waals surface area contributed by atoms with E-state index in [0.29, 0.717) is 23.7 Å². The molecule has 1 N–H and O–H groups in total. The van der Waals surface area contributed by atoms with Crippen LogP contribution in [-0.2, 0) is 6.42 Å². The molecular formula is C24H22N4O2. The van der Waals surface area contributed by atoms with Gasteiger partial charge in [0.15, 0.2) is 0 Å². The monoisotopic (exact) mass is 398 g/mol. The van der Waals surface area contributed by atoms with E-state index in [4.69, 9.17) is 4.74 Å². The number of aromatic nitrogens is 3. The Morgan fingerprint density at radius 3 is 2.50 bits per heavy atom. The summed E-state index contributed by atoms with van der Waals surface area (Å²) in [5, 5.41) is 7.35. The number of ether oxygens (including phenoxy) is 1. The lowest BCUT2D eigenvalue weighted by Crippen LogP contribution is -2.14. The standard InChI is InChI=1S/C24H22N4O2/c1-17-11-13-20(14-12-17)28-22(15-18-7-4-3-5-8-18)26-23(27-28)24(29)25-19-9-6-10-21(16-19)30-2/h3-14,16H,15H2,1-2H3,(H,25,29). The third kappa shape index (κ3) is 4.38. The number of nitrogens with one attached hydrogen (secondary N) is 1. The Morgan fingerprint density at radius 1 is 1.00 bits per heavy atom. The summed E-state index contributed by atoms with van der Waals surface area (Å²) in [5.74, 6) is 1.10. The van der Waals surface area contributed by atoms with Gasteiger partial charge in [-0.25, -0.2) is 9.67 Å². The van der Waals surface area contributed by atoms with Crippen LogP contribution in [0.3, 0.4) is 0 Å². The van der Waals surface area contributed by atoms with Crippen LogP contribution in [0.5, 0.6) is 5.75 Å². The van der Waals surface area contributed by atoms with E-state index in [1.165, 1.54) is 0 Å². The molecule has 6 nitrogen and oxygen atoms in total. The first kappa shape index (κ1) is 19.4. The molecule has 0 aliphatic carbocycles. The minimum Gasteiger partial charge on any atom is -0.497 e. The van der Waals surface area contributed by atoms with Gasteiger partial charge >= 0.3 is 0 Å². The molecule has 0 spiro atoms. The smallest absolute Gasteiger partial charge is 0.295 e. The van der Waals surface area contributed by atoms with Crippen LogP contribution < -0.4 is 10.1 Å². The van der Waals surface area contributed by atoms with Crippen LogP contribution in [0.25, 0.3) is 5.69 Å². The molecule has 4 aromatic rings. The van der Waals surface area contributed by atoms with Gasteiger partial charge in [0.2, 0.25) is 5.82 Å². The summed E-state index contributed by atoms with van der Waals surface area (Å²) in [6.45, 7) is 2.03. The number of hydrogen-bond acceptors (Lipinski definition) is 4. The summed E-state index contributed by atoms with van der Waals surface area (Å²) in [7, 11) is 1.58. The zero-order valence-electron chi connectivity index (χ0n) is 16.9. The zero-order valence-corrected chi connectivity index (χ0v) is 16.9. The highest BCUT2D eigenvalue weighted by Gasteiger charge is 2.18. The number of amides is 1. The Balaban J connectivity index is 1.66. The van der Waals surface area contributed by atoms with Gasteiger partial charge in [-0.05, 0) is 36.8 Å². The van der Waals surface area contributed by atoms with Crippen molar-refractivity contribution in [2.24, 2.45) is 0 Å². The molecule has 1 heterocycles. The molecule has 1 amide bonds. The second-order valence-corrected chi connectivity index (χ2v) is 6.95. The van der Waals surface area contributed by atoms with E-state index >= 15 is 0 Å². The minimum absolute atomic E-state index is 0.115. The number of benzene rings is 3. The van der Waals surface area contributed by atoms with Gasteiger partial charge in [0, 0.05) is 18.2 Å². The number of methoxy groups -OCH3 is 1. The van der Waals surface area contributed by atoms with Gasteiger partial charge in [0.05, 0.1) is 12.8 Å². The van der Waals surface area contributed by atoms with Gasteiger partial charge in [-0.15, -0.1) is 5.10 Å². The summed E-state index contributed by atoms with van der Waals surface area (Å²) in [4.78, 5) is 17.4. The topological polar surface area (TPSA) is 69.0 Å². The SMILES string of the molecule is COc1cccc(NC(=O)c2nc(Cc3ccccc3)n(-c3ccc(C)cc3)n2)c1. The van der Waals surface area contributed by atoms with Crippen LogP contribution in [0.15, 0.2) is 78.9 Å². The number of hydrogen-bond donors (Lipinski definition) is 1. The average molecular weight is 398 g/mol. The first-order valence-electron chi connectivity index (χ1n) is 9.65. The maximum Gasteiger partial charge on any atom is 0.295 e. The Labute approximate surface area is 175 Å². The van der Waals surface area contributed by atoms with Crippen LogP contribution in [0.4, 0.5) is 5.69 Å². The third-order valence-electron chi connectivity index (χ3n) is 4.69. The Kier molecular flexibility index (Phi) is 5.57. The van der Waals surface area contributed by atoms with Gasteiger partial charge in [0.25, 0.3) is 5.91 Å². The molecule has 0 fully saturated rings. The van der Waals surface area contributed by atoms with Crippen molar-refractivity contribution < 1.29 is 9.53 Å². The predicted octanol–water partition coefficient (Wildman–Crippen LogP) is 4.43. The van der Waals surface area contributed by atoms with Crippen LogP contribution in [-0.4, -0.2) is 27.8 Å². The molecule has 1 aromatic heterocycles. The van der Waals surface area contributed by atoms with E-state index in [-0.39, 0.29) is 11.7 Å². The highest BCUT2D eigenvalue weighted by atomic mass is 16.5. The summed E-state index contributed by atoms with van der Waals surface area (Å²) >= 11 is 0. The van der Waals surface area contributed by atoms with Gasteiger partial charge in [0.1, 0.15) is 11.6 Å². The normalized spacial score (nSPS) is 10.6. The summed E-state index contributed by atoms with van der Waals surface area (Å²) in [5.41, 5.74) is 3.73. The number of nitrogens with zero attached hydrogens (tertiary/aromatic N) is 3. The molecule has 0 aliphatic rings. The van der Waals surface area contributed by atoms with Crippen molar-refractivity contribution in [2.75, 3.05) is 12.4 Å². The Hall–Kier alpha value is -3.93. The summed E-state index contributed by atoms with van der Waals surface area (Å²) in [6.07, 6.45) is 0.564. The molecule has 0 saturated heterocycles. The Morgan fingerprint density at radius 2 is 1.77 bits per heavy atom. The molecule has 0 bridgehead atoms. The first-order chi connectivity index (χ1) is 14.6. The molecule has 6 heteroatoms. The quantitative estimate of drug-likeness (QED) is 0.522. The molecule has 150 valence electrons. The number of carbonyl (C=O) groups is 1. The van der Waals surface area contributed by atoms with Crippen molar-refractivity contribution in [3.63, 3.8) is 0 Å². The second-order valence-electron chi connectivity index (χ2n) is 6.95. The van der Waals surface area contributed by atoms with Gasteiger partial charge in [-0.1, -0.05) is 54.1 Å². The van der Waals surface area contributed by atoms with Crippen LogP contribution in [0.1, 0.15) is 27.6 Å². The van der Waals surface area contributed by atoms with E-state index in [9.17, 15) is 4.79 Å². The largest absolute Gasteiger partial charge is 0.497 e. The van der Waals surface area contributed by atoms with Gasteiger partial charge in [-0.2, -0.15) is 0 Å². The number of anilines is 1. The molecule has 3 aromatic carbocycles. The fourth-order valence-corrected chi connectivity index (χ4v) is 3.11. The van der Waals surface area contributed by atoms with Crippen molar-refractivity contribution in [3.8, 4) is 11.4 Å². The number of carbonyl (C=O) groups excluding carboxylic acids is 1. The van der Waals surface area contributed by atoms with Crippen LogP contribution >= 0.6 is 0 Å². The van der Waals surface area contributed by atoms with E-state index in [0.717, 1.165) is 16.8 Å². The van der Waals surface area contributed by atoms with Crippen molar-refractivity contribution >= 4 is 11.6 Å². The van der Waals surface area contributed by atoms with Crippen molar-refractivity contribution in [1.29, 1.82) is 0 Å². The lowest BCUT2D eigenvalue weighted by molar-refractivity contribution is 0.101. The highest BCUT2D eigenvalue weighted by molar-refractivity contribution is 6.01. The van der Waals surface area contributed by atoms with Gasteiger partial charge in [-0.3, -0.25) is 4.79 Å². The van der Waals surface area contributed by atoms with E-state index in [1.54, 1.807) is 23.9 Å². The molecule has 30 heavy (non-hydrogen) atoms. The number of rotatable bonds is 6. The summed E-state index contributed by atoms with van der Waals surface area (Å²) in [6, 6.07) is 25.2. The van der Waals surface area contributed by atoms with E-state index < -0.39 is 0 Å². The van der Waals surface area contributed by atoms with Gasteiger partial charge < -0.3 is 10.1 Å². The summed E-state index contributed by atoms with van der Waals surface area (Å²) < 4.78 is 6.94. The molecule has 0 aliphatic heterocycles. The highest BCUT2D eigenvalue weighted by Crippen LogP contribution is 2.19. The molecule has 0 atom stereocenters. The second kappa shape index (κ2) is 8.61. The minimum atomic E-state index is -0.372. The van der Waals surface area contributed by atoms with Crippen molar-refractivity contribution in [2.45, 2.75) is 13.3 Å². The van der Waals surface area contributed by atoms with E-state index in [2.05, 4.69) is 15.4 Å². The van der Waals surface area contributed by atoms with Crippen LogP contribution in [0, 0.1) is 6.92 Å². The molecule has 0 radical (unpaired) electrons. The Bertz CT molecular complexity index is 1150. The zero-order chi connectivity index (χ0) is 20.9. The van der Waals surface area contributed by atoms with Crippen molar-refractivity contribution in [1.82, 2.24) is 14.8 Å². The molecule has 0 saturated carbocycles. The lowest BCUT2D eigenvalue weighted by atomic mass is 10.1. The van der Waals surface area contributed by atoms with Crippen molar-refractivity contribution in [3.05, 3.63) is 102 Å². The van der Waals surface area contributed by atoms with Crippen LogP contribution in [0.2, 0.25) is 0 Å².